The zero-order chi connectivity index (χ0) is 23.8. The summed E-state index contributed by atoms with van der Waals surface area (Å²) < 4.78 is 0. The Morgan fingerprint density at radius 3 is 2.56 bits per heavy atom. The summed E-state index contributed by atoms with van der Waals surface area (Å²) in [5.74, 6) is 0.668. The Balaban J connectivity index is 0.00000133. The molecular weight excluding hydrogens is 422 g/mol. The van der Waals surface area contributed by atoms with Gasteiger partial charge in [0, 0.05) is 25.5 Å². The smallest absolute Gasteiger partial charge is 0.0996 e. The molecule has 7 heteroatoms. The van der Waals surface area contributed by atoms with Gasteiger partial charge in [0.25, 0.3) is 0 Å². The van der Waals surface area contributed by atoms with Gasteiger partial charge in [-0.1, -0.05) is 26.0 Å². The van der Waals surface area contributed by atoms with E-state index in [1.807, 2.05) is 32.3 Å². The molecule has 0 saturated carbocycles. The minimum Gasteiger partial charge on any atom is -0.297 e. The molecule has 5 rings (SSSR count). The first kappa shape index (κ1) is 24.5. The van der Waals surface area contributed by atoms with Crippen molar-refractivity contribution in [2.24, 2.45) is 5.92 Å². The monoisotopic (exact) mass is 461 g/mol. The summed E-state index contributed by atoms with van der Waals surface area (Å²) in [6.07, 6.45) is 10.7. The lowest BCUT2D eigenvalue weighted by molar-refractivity contribution is 0.174. The fourth-order valence-corrected chi connectivity index (χ4v) is 5.27. The number of nitrogens with zero attached hydrogens (tertiary/aromatic N) is 6. The summed E-state index contributed by atoms with van der Waals surface area (Å²) in [6, 6.07) is 10.8. The zero-order valence-corrected chi connectivity index (χ0v) is 21.0. The molecule has 2 aliphatic rings. The number of H-pyrrole nitrogens is 1. The SMILES string of the molecule is CC.CN(Cc1n[nH]nc1CC1CCN(Cc2ccccn2)CC1)C1CCCc2cccnc21. The van der Waals surface area contributed by atoms with Gasteiger partial charge in [0.1, 0.15) is 0 Å². The Labute approximate surface area is 204 Å². The Bertz CT molecular complexity index is 995. The van der Waals surface area contributed by atoms with E-state index in [9.17, 15) is 0 Å². The number of rotatable bonds is 7. The second-order valence-corrected chi connectivity index (χ2v) is 9.33. The first-order valence-corrected chi connectivity index (χ1v) is 12.9. The highest BCUT2D eigenvalue weighted by molar-refractivity contribution is 5.25. The molecule has 0 radical (unpaired) electrons. The normalized spacial score (nSPS) is 18.9. The highest BCUT2D eigenvalue weighted by atomic mass is 15.3. The van der Waals surface area contributed by atoms with E-state index in [1.54, 1.807) is 0 Å². The van der Waals surface area contributed by atoms with Gasteiger partial charge in [-0.15, -0.1) is 0 Å². The van der Waals surface area contributed by atoms with Crippen LogP contribution in [-0.2, 0) is 25.9 Å². The Kier molecular flexibility index (Phi) is 8.77. The summed E-state index contributed by atoms with van der Waals surface area (Å²) in [5.41, 5.74) is 6.02. The molecule has 0 amide bonds. The topological polar surface area (TPSA) is 73.8 Å². The maximum Gasteiger partial charge on any atom is 0.0996 e. The number of fused-ring (bicyclic) bond motifs is 1. The third kappa shape index (κ3) is 6.07. The zero-order valence-electron chi connectivity index (χ0n) is 21.0. The first-order chi connectivity index (χ1) is 16.8. The molecular formula is C27H39N7. The van der Waals surface area contributed by atoms with Crippen molar-refractivity contribution < 1.29 is 0 Å². The van der Waals surface area contributed by atoms with Crippen LogP contribution in [0.15, 0.2) is 42.7 Å². The average Bonchev–Trinajstić information content (AvgIpc) is 3.33. The average molecular weight is 462 g/mol. The quantitative estimate of drug-likeness (QED) is 0.555. The predicted octanol–water partition coefficient (Wildman–Crippen LogP) is 4.59. The van der Waals surface area contributed by atoms with Crippen LogP contribution in [0.3, 0.4) is 0 Å². The number of hydrogen-bond acceptors (Lipinski definition) is 6. The minimum atomic E-state index is 0.360. The van der Waals surface area contributed by atoms with E-state index < -0.39 is 0 Å². The summed E-state index contributed by atoms with van der Waals surface area (Å²) >= 11 is 0. The summed E-state index contributed by atoms with van der Waals surface area (Å²) in [4.78, 5) is 14.1. The molecule has 1 atom stereocenters. The largest absolute Gasteiger partial charge is 0.297 e. The van der Waals surface area contributed by atoms with Crippen LogP contribution in [0.4, 0.5) is 0 Å². The van der Waals surface area contributed by atoms with Crippen LogP contribution in [0.1, 0.15) is 73.9 Å². The van der Waals surface area contributed by atoms with E-state index in [4.69, 9.17) is 4.98 Å². The van der Waals surface area contributed by atoms with Gasteiger partial charge in [0.05, 0.1) is 28.8 Å². The van der Waals surface area contributed by atoms with Crippen LogP contribution in [0.5, 0.6) is 0 Å². The fourth-order valence-electron chi connectivity index (χ4n) is 5.27. The molecule has 3 aromatic rings. The van der Waals surface area contributed by atoms with Crippen molar-refractivity contribution in [2.75, 3.05) is 20.1 Å². The molecule has 1 aliphatic heterocycles. The standard InChI is InChI=1S/C25H33N7.C2H6/c1-31(24-9-4-6-20-7-5-13-27-25(20)24)18-23-22(28-30-29-23)16-19-10-14-32(15-11-19)17-21-8-2-3-12-26-21;1-2/h2-3,5,7-8,12-13,19,24H,4,6,9-11,14-18H2,1H3,(H,28,29,30);1-2H3. The summed E-state index contributed by atoms with van der Waals surface area (Å²) in [5, 5.41) is 12.0. The Morgan fingerprint density at radius 2 is 1.76 bits per heavy atom. The van der Waals surface area contributed by atoms with Gasteiger partial charge >= 0.3 is 0 Å². The van der Waals surface area contributed by atoms with Crippen LogP contribution >= 0.6 is 0 Å². The maximum absolute atomic E-state index is 4.71. The highest BCUT2D eigenvalue weighted by Crippen LogP contribution is 2.33. The molecule has 3 aromatic heterocycles. The van der Waals surface area contributed by atoms with Crippen molar-refractivity contribution in [3.8, 4) is 0 Å². The van der Waals surface area contributed by atoms with E-state index in [2.05, 4.69) is 61.5 Å². The minimum absolute atomic E-state index is 0.360. The van der Waals surface area contributed by atoms with E-state index in [0.717, 1.165) is 62.5 Å². The number of pyridine rings is 2. The van der Waals surface area contributed by atoms with Crippen molar-refractivity contribution >= 4 is 0 Å². The van der Waals surface area contributed by atoms with E-state index >= 15 is 0 Å². The van der Waals surface area contributed by atoms with E-state index in [-0.39, 0.29) is 0 Å². The van der Waals surface area contributed by atoms with Gasteiger partial charge in [0.2, 0.25) is 0 Å². The maximum atomic E-state index is 4.71. The van der Waals surface area contributed by atoms with Crippen LogP contribution in [-0.4, -0.2) is 55.3 Å². The first-order valence-electron chi connectivity index (χ1n) is 12.9. The number of nitrogens with one attached hydrogen (secondary N) is 1. The summed E-state index contributed by atoms with van der Waals surface area (Å²) in [6.45, 7) is 8.01. The highest BCUT2D eigenvalue weighted by Gasteiger charge is 2.27. The third-order valence-corrected chi connectivity index (χ3v) is 7.10. The lowest BCUT2D eigenvalue weighted by atomic mass is 9.90. The van der Waals surface area contributed by atoms with Crippen molar-refractivity contribution in [2.45, 2.75) is 71.5 Å². The molecule has 1 unspecified atom stereocenters. The third-order valence-electron chi connectivity index (χ3n) is 7.10. The molecule has 34 heavy (non-hydrogen) atoms. The van der Waals surface area contributed by atoms with Crippen LogP contribution in [0.2, 0.25) is 0 Å². The second kappa shape index (κ2) is 12.2. The van der Waals surface area contributed by atoms with Gasteiger partial charge in [-0.05, 0) is 88.3 Å². The van der Waals surface area contributed by atoms with Gasteiger partial charge in [-0.25, -0.2) is 0 Å². The molecule has 1 fully saturated rings. The fraction of sp³-hybridized carbons (Fsp3) is 0.556. The lowest BCUT2D eigenvalue weighted by Crippen LogP contribution is -2.34. The molecule has 0 aromatic carbocycles. The van der Waals surface area contributed by atoms with Crippen molar-refractivity contribution in [1.82, 2.24) is 35.2 Å². The molecule has 182 valence electrons. The Morgan fingerprint density at radius 1 is 0.971 bits per heavy atom. The number of likely N-dealkylation sites (tertiary alicyclic amines) is 1. The van der Waals surface area contributed by atoms with E-state index in [0.29, 0.717) is 12.0 Å². The molecule has 4 heterocycles. The number of piperidine rings is 1. The molecule has 0 bridgehead atoms. The molecule has 7 nitrogen and oxygen atoms in total. The van der Waals surface area contributed by atoms with Crippen LogP contribution in [0, 0.1) is 5.92 Å². The summed E-state index contributed by atoms with van der Waals surface area (Å²) in [7, 11) is 2.20. The van der Waals surface area contributed by atoms with Crippen LogP contribution < -0.4 is 0 Å². The van der Waals surface area contributed by atoms with Gasteiger partial charge < -0.3 is 0 Å². The van der Waals surface area contributed by atoms with E-state index in [1.165, 1.54) is 30.5 Å². The lowest BCUT2D eigenvalue weighted by Gasteiger charge is -2.32. The Hall–Kier alpha value is -2.64. The van der Waals surface area contributed by atoms with Crippen molar-refractivity contribution in [3.05, 3.63) is 71.1 Å². The predicted molar refractivity (Wildman–Crippen MR) is 135 cm³/mol. The number of hydrogen-bond donors (Lipinski definition) is 1. The molecule has 1 aliphatic carbocycles. The number of aromatic nitrogens is 5. The second-order valence-electron chi connectivity index (χ2n) is 9.33. The molecule has 1 saturated heterocycles. The number of aromatic amines is 1. The molecule has 0 spiro atoms. The number of aryl methyl sites for hydroxylation is 1. The van der Waals surface area contributed by atoms with Gasteiger partial charge in [-0.3, -0.25) is 19.8 Å². The van der Waals surface area contributed by atoms with Gasteiger partial charge in [-0.2, -0.15) is 15.4 Å². The molecule has 1 N–H and O–H groups in total. The van der Waals surface area contributed by atoms with Gasteiger partial charge in [0.15, 0.2) is 0 Å². The van der Waals surface area contributed by atoms with Crippen LogP contribution in [0.25, 0.3) is 0 Å². The van der Waals surface area contributed by atoms with Crippen molar-refractivity contribution in [1.29, 1.82) is 0 Å². The van der Waals surface area contributed by atoms with Crippen molar-refractivity contribution in [3.63, 3.8) is 0 Å².